The second-order valence-electron chi connectivity index (χ2n) is 3.95. The number of aromatic nitrogens is 1. The summed E-state index contributed by atoms with van der Waals surface area (Å²) in [5.74, 6) is 0.0645. The summed E-state index contributed by atoms with van der Waals surface area (Å²) in [6.07, 6.45) is 0. The van der Waals surface area contributed by atoms with Gasteiger partial charge in [-0.3, -0.25) is 4.72 Å². The molecule has 2 N–H and O–H groups in total. The molecule has 0 atom stereocenters. The molecule has 0 aliphatic heterocycles. The average Bonchev–Trinajstić information content (AvgIpc) is 2.68. The number of nitrogens with one attached hydrogen (secondary N) is 1. The molecule has 1 heterocycles. The van der Waals surface area contributed by atoms with Crippen LogP contribution in [0.25, 0.3) is 0 Å². The van der Waals surface area contributed by atoms with E-state index in [1.165, 1.54) is 12.1 Å². The third kappa shape index (κ3) is 3.71. The Morgan fingerprint density at radius 3 is 2.79 bits per heavy atom. The van der Waals surface area contributed by atoms with Crippen molar-refractivity contribution < 1.29 is 18.0 Å². The number of hydrogen-bond donors (Lipinski definition) is 2. The molecule has 0 amide bonds. The van der Waals surface area contributed by atoms with E-state index in [1.807, 2.05) is 0 Å². The Morgan fingerprint density at radius 2 is 2.16 bits per heavy atom. The standard InChI is InChI=1S/C11H11BrN2O4S/c1-7-4-9(13-18-7)6-19(16,17)14-10-5-8(12)2-3-11(10)15/h2-5,14-15H,6H2,1H3. The van der Waals surface area contributed by atoms with Crippen LogP contribution in [0.15, 0.2) is 33.3 Å². The maximum absolute atomic E-state index is 11.9. The maximum Gasteiger partial charge on any atom is 0.238 e. The van der Waals surface area contributed by atoms with Crippen LogP contribution in [0.1, 0.15) is 11.5 Å². The van der Waals surface area contributed by atoms with Gasteiger partial charge in [-0.1, -0.05) is 21.1 Å². The first-order valence-corrected chi connectivity index (χ1v) is 7.71. The van der Waals surface area contributed by atoms with Crippen molar-refractivity contribution in [3.63, 3.8) is 0 Å². The number of phenols is 1. The Hall–Kier alpha value is -1.54. The second-order valence-corrected chi connectivity index (χ2v) is 6.59. The number of sulfonamides is 1. The molecule has 1 aromatic heterocycles. The maximum atomic E-state index is 11.9. The molecule has 0 saturated carbocycles. The first kappa shape index (κ1) is 13.9. The van der Waals surface area contributed by atoms with Crippen LogP contribution in [0.3, 0.4) is 0 Å². The van der Waals surface area contributed by atoms with Crippen LogP contribution in [0.5, 0.6) is 5.75 Å². The van der Waals surface area contributed by atoms with Gasteiger partial charge in [-0.05, 0) is 25.1 Å². The van der Waals surface area contributed by atoms with Crippen LogP contribution >= 0.6 is 15.9 Å². The molecule has 6 nitrogen and oxygen atoms in total. The second kappa shape index (κ2) is 5.22. The topological polar surface area (TPSA) is 92.4 Å². The van der Waals surface area contributed by atoms with Gasteiger partial charge in [0.25, 0.3) is 0 Å². The number of aromatic hydroxyl groups is 1. The number of nitrogens with zero attached hydrogens (tertiary/aromatic N) is 1. The van der Waals surface area contributed by atoms with E-state index in [2.05, 4.69) is 25.8 Å². The van der Waals surface area contributed by atoms with Crippen LogP contribution in [0.4, 0.5) is 5.69 Å². The predicted octanol–water partition coefficient (Wildman–Crippen LogP) is 2.39. The Bertz CT molecular complexity index is 696. The van der Waals surface area contributed by atoms with Crippen molar-refractivity contribution >= 4 is 31.6 Å². The molecule has 102 valence electrons. The molecule has 19 heavy (non-hydrogen) atoms. The fourth-order valence-electron chi connectivity index (χ4n) is 1.47. The van der Waals surface area contributed by atoms with Crippen molar-refractivity contribution in [2.75, 3.05) is 4.72 Å². The highest BCUT2D eigenvalue weighted by Gasteiger charge is 2.16. The van der Waals surface area contributed by atoms with Crippen molar-refractivity contribution in [2.45, 2.75) is 12.7 Å². The molecule has 0 aliphatic rings. The first-order valence-electron chi connectivity index (χ1n) is 5.27. The molecule has 8 heteroatoms. The minimum Gasteiger partial charge on any atom is -0.506 e. The molecular formula is C11H11BrN2O4S. The van der Waals surface area contributed by atoms with Gasteiger partial charge in [-0.2, -0.15) is 0 Å². The van der Waals surface area contributed by atoms with Gasteiger partial charge in [0, 0.05) is 10.5 Å². The van der Waals surface area contributed by atoms with Crippen LogP contribution in [-0.2, 0) is 15.8 Å². The van der Waals surface area contributed by atoms with Crippen molar-refractivity contribution in [3.05, 3.63) is 40.2 Å². The normalized spacial score (nSPS) is 11.5. The molecule has 0 spiro atoms. The van der Waals surface area contributed by atoms with Crippen LogP contribution in [0.2, 0.25) is 0 Å². The van der Waals surface area contributed by atoms with Crippen molar-refractivity contribution in [3.8, 4) is 5.75 Å². The minimum atomic E-state index is -3.67. The highest BCUT2D eigenvalue weighted by Crippen LogP contribution is 2.28. The summed E-state index contributed by atoms with van der Waals surface area (Å²) < 4.78 is 31.6. The van der Waals surface area contributed by atoms with Gasteiger partial charge < -0.3 is 9.63 Å². The zero-order valence-electron chi connectivity index (χ0n) is 9.92. The molecule has 0 saturated heterocycles. The molecule has 0 aliphatic carbocycles. The van der Waals surface area contributed by atoms with Gasteiger partial charge in [0.2, 0.25) is 10.0 Å². The van der Waals surface area contributed by atoms with Crippen molar-refractivity contribution in [1.82, 2.24) is 5.16 Å². The average molecular weight is 347 g/mol. The minimum absolute atomic E-state index is 0.106. The SMILES string of the molecule is Cc1cc(CS(=O)(=O)Nc2cc(Br)ccc2O)no1. The van der Waals surface area contributed by atoms with Gasteiger partial charge in [-0.25, -0.2) is 8.42 Å². The largest absolute Gasteiger partial charge is 0.506 e. The lowest BCUT2D eigenvalue weighted by molar-refractivity contribution is 0.392. The van der Waals surface area contributed by atoms with E-state index in [1.54, 1.807) is 19.1 Å². The summed E-state index contributed by atoms with van der Waals surface area (Å²) in [5, 5.41) is 13.2. The fourth-order valence-corrected chi connectivity index (χ4v) is 2.93. The predicted molar refractivity (Wildman–Crippen MR) is 73.3 cm³/mol. The van der Waals surface area contributed by atoms with Gasteiger partial charge in [0.15, 0.2) is 0 Å². The lowest BCUT2D eigenvalue weighted by Crippen LogP contribution is -2.15. The number of phenolic OH excluding ortho intramolecular Hbond substituents is 1. The third-order valence-electron chi connectivity index (χ3n) is 2.24. The summed E-state index contributed by atoms with van der Waals surface area (Å²) in [6.45, 7) is 1.68. The fraction of sp³-hybridized carbons (Fsp3) is 0.182. The van der Waals surface area contributed by atoms with E-state index in [-0.39, 0.29) is 17.2 Å². The lowest BCUT2D eigenvalue weighted by atomic mass is 10.3. The molecule has 0 radical (unpaired) electrons. The quantitative estimate of drug-likeness (QED) is 0.829. The molecule has 0 bridgehead atoms. The number of hydrogen-bond acceptors (Lipinski definition) is 5. The molecule has 0 unspecified atom stereocenters. The Kier molecular flexibility index (Phi) is 3.81. The number of halogens is 1. The number of rotatable bonds is 4. The van der Waals surface area contributed by atoms with Gasteiger partial charge in [0.1, 0.15) is 23.0 Å². The molecule has 2 rings (SSSR count). The highest BCUT2D eigenvalue weighted by atomic mass is 79.9. The summed E-state index contributed by atoms with van der Waals surface area (Å²) in [5.41, 5.74) is 0.411. The molecule has 1 aromatic carbocycles. The zero-order chi connectivity index (χ0) is 14.0. The van der Waals surface area contributed by atoms with E-state index in [0.717, 1.165) is 0 Å². The van der Waals surface area contributed by atoms with Crippen molar-refractivity contribution in [1.29, 1.82) is 0 Å². The summed E-state index contributed by atoms with van der Waals surface area (Å²) in [6, 6.07) is 6.01. The van der Waals surface area contributed by atoms with Gasteiger partial charge >= 0.3 is 0 Å². The first-order chi connectivity index (χ1) is 8.85. The summed E-state index contributed by atoms with van der Waals surface area (Å²) in [7, 11) is -3.67. The molecular weight excluding hydrogens is 336 g/mol. The van der Waals surface area contributed by atoms with Gasteiger partial charge in [0.05, 0.1) is 5.69 Å². The summed E-state index contributed by atoms with van der Waals surface area (Å²) >= 11 is 3.20. The number of aryl methyl sites for hydroxylation is 1. The summed E-state index contributed by atoms with van der Waals surface area (Å²) in [4.78, 5) is 0. The number of anilines is 1. The zero-order valence-corrected chi connectivity index (χ0v) is 12.3. The van der Waals surface area contributed by atoms with E-state index in [0.29, 0.717) is 15.9 Å². The third-order valence-corrected chi connectivity index (χ3v) is 3.94. The number of benzene rings is 1. The lowest BCUT2D eigenvalue weighted by Gasteiger charge is -2.08. The van der Waals surface area contributed by atoms with E-state index in [4.69, 9.17) is 4.52 Å². The monoisotopic (exact) mass is 346 g/mol. The smallest absolute Gasteiger partial charge is 0.238 e. The van der Waals surface area contributed by atoms with Crippen molar-refractivity contribution in [2.24, 2.45) is 0 Å². The Morgan fingerprint density at radius 1 is 1.42 bits per heavy atom. The molecule has 0 fully saturated rings. The Labute approximate surface area is 118 Å². The highest BCUT2D eigenvalue weighted by molar-refractivity contribution is 9.10. The van der Waals surface area contributed by atoms with E-state index >= 15 is 0 Å². The van der Waals surface area contributed by atoms with E-state index in [9.17, 15) is 13.5 Å². The van der Waals surface area contributed by atoms with Crippen LogP contribution < -0.4 is 4.72 Å². The van der Waals surface area contributed by atoms with Crippen LogP contribution in [-0.4, -0.2) is 18.7 Å². The van der Waals surface area contributed by atoms with Crippen LogP contribution in [0, 0.1) is 6.92 Å². The Balaban J connectivity index is 2.19. The van der Waals surface area contributed by atoms with Gasteiger partial charge in [-0.15, -0.1) is 0 Å². The molecule has 2 aromatic rings. The van der Waals surface area contributed by atoms with E-state index < -0.39 is 10.0 Å².